The van der Waals surface area contributed by atoms with E-state index in [2.05, 4.69) is 20.6 Å². The van der Waals surface area contributed by atoms with E-state index in [-0.39, 0.29) is 17.8 Å². The molecular formula is C26H25FN4O. The Labute approximate surface area is 186 Å². The maximum absolute atomic E-state index is 13.5. The van der Waals surface area contributed by atoms with Crippen LogP contribution in [0.15, 0.2) is 67.0 Å². The summed E-state index contributed by atoms with van der Waals surface area (Å²) in [7, 11) is 0. The van der Waals surface area contributed by atoms with Crippen molar-refractivity contribution in [1.29, 1.82) is 0 Å². The molecule has 162 valence electrons. The number of fused-ring (bicyclic) bond motifs is 3. The molecule has 2 aromatic heterocycles. The second-order valence-corrected chi connectivity index (χ2v) is 8.27. The smallest absolute Gasteiger partial charge is 0.251 e. The summed E-state index contributed by atoms with van der Waals surface area (Å²) in [6, 6.07) is 16.5. The van der Waals surface area contributed by atoms with Crippen LogP contribution in [0.1, 0.15) is 51.6 Å². The van der Waals surface area contributed by atoms with Gasteiger partial charge in [-0.1, -0.05) is 12.1 Å². The van der Waals surface area contributed by atoms with Gasteiger partial charge in [-0.15, -0.1) is 0 Å². The Morgan fingerprint density at radius 3 is 2.78 bits per heavy atom. The van der Waals surface area contributed by atoms with Gasteiger partial charge in [0.15, 0.2) is 0 Å². The SMILES string of the molecule is O=C(NCc1ccncc1)c1ccc2[nH]c3c(c2c1)CCCC3NCc1cccc(F)c1. The largest absolute Gasteiger partial charge is 0.357 e. The lowest BCUT2D eigenvalue weighted by Crippen LogP contribution is -2.25. The summed E-state index contributed by atoms with van der Waals surface area (Å²) in [5, 5.41) is 7.67. The highest BCUT2D eigenvalue weighted by atomic mass is 19.1. The third-order valence-electron chi connectivity index (χ3n) is 6.11. The summed E-state index contributed by atoms with van der Waals surface area (Å²) in [5.74, 6) is -0.302. The van der Waals surface area contributed by atoms with Crippen molar-refractivity contribution < 1.29 is 9.18 Å². The van der Waals surface area contributed by atoms with Crippen molar-refractivity contribution in [2.45, 2.75) is 38.4 Å². The molecule has 0 saturated carbocycles. The molecule has 1 atom stereocenters. The normalized spacial score (nSPS) is 15.5. The van der Waals surface area contributed by atoms with E-state index in [0.29, 0.717) is 18.7 Å². The Bertz CT molecular complexity index is 1250. The maximum atomic E-state index is 13.5. The van der Waals surface area contributed by atoms with Gasteiger partial charge in [0.05, 0.1) is 0 Å². The van der Waals surface area contributed by atoms with Crippen LogP contribution in [0.3, 0.4) is 0 Å². The highest BCUT2D eigenvalue weighted by molar-refractivity contribution is 5.99. The first-order valence-corrected chi connectivity index (χ1v) is 11.0. The number of pyridine rings is 1. The summed E-state index contributed by atoms with van der Waals surface area (Å²) in [5.41, 5.74) is 6.09. The number of aromatic nitrogens is 2. The Balaban J connectivity index is 1.34. The van der Waals surface area contributed by atoms with Crippen molar-refractivity contribution in [3.05, 3.63) is 101 Å². The molecule has 0 saturated heterocycles. The Morgan fingerprint density at radius 1 is 1.06 bits per heavy atom. The number of carbonyl (C=O) groups excluding carboxylic acids is 1. The van der Waals surface area contributed by atoms with E-state index in [0.717, 1.165) is 41.3 Å². The number of benzene rings is 2. The molecule has 0 radical (unpaired) electrons. The van der Waals surface area contributed by atoms with Crippen LogP contribution < -0.4 is 10.6 Å². The molecule has 6 heteroatoms. The number of aryl methyl sites for hydroxylation is 1. The predicted octanol–water partition coefficient (Wildman–Crippen LogP) is 4.80. The van der Waals surface area contributed by atoms with E-state index < -0.39 is 0 Å². The number of H-pyrrole nitrogens is 1. The fourth-order valence-corrected chi connectivity index (χ4v) is 4.48. The number of carbonyl (C=O) groups is 1. The standard InChI is InChI=1S/C26H25FN4O/c27-20-4-1-3-18(13-20)16-29-24-6-2-5-21-22-14-19(7-8-23(22)31-25(21)24)26(32)30-15-17-9-11-28-12-10-17/h1,3-4,7-14,24,29,31H,2,5-6,15-16H2,(H,30,32). The number of nitrogens with zero attached hydrogens (tertiary/aromatic N) is 1. The molecule has 1 amide bonds. The van der Waals surface area contributed by atoms with E-state index in [9.17, 15) is 9.18 Å². The molecule has 0 fully saturated rings. The number of halogens is 1. The summed E-state index contributed by atoms with van der Waals surface area (Å²) in [6.07, 6.45) is 6.51. The fraction of sp³-hybridized carbons (Fsp3) is 0.231. The minimum absolute atomic E-state index is 0.0877. The van der Waals surface area contributed by atoms with Crippen molar-refractivity contribution in [2.24, 2.45) is 0 Å². The zero-order chi connectivity index (χ0) is 21.9. The lowest BCUT2D eigenvalue weighted by molar-refractivity contribution is 0.0951. The highest BCUT2D eigenvalue weighted by Crippen LogP contribution is 2.35. The molecule has 1 aliphatic rings. The van der Waals surface area contributed by atoms with Crippen molar-refractivity contribution in [2.75, 3.05) is 0 Å². The zero-order valence-corrected chi connectivity index (χ0v) is 17.7. The first-order valence-electron chi connectivity index (χ1n) is 11.0. The van der Waals surface area contributed by atoms with E-state index in [1.807, 2.05) is 36.4 Å². The average Bonchev–Trinajstić information content (AvgIpc) is 3.20. The monoisotopic (exact) mass is 428 g/mol. The second-order valence-electron chi connectivity index (χ2n) is 8.27. The van der Waals surface area contributed by atoms with Gasteiger partial charge in [0.2, 0.25) is 0 Å². The first kappa shape index (κ1) is 20.4. The minimum Gasteiger partial charge on any atom is -0.357 e. The molecule has 5 nitrogen and oxygen atoms in total. The number of hydrogen-bond acceptors (Lipinski definition) is 3. The molecule has 4 aromatic rings. The van der Waals surface area contributed by atoms with Gasteiger partial charge in [0.1, 0.15) is 5.82 Å². The number of hydrogen-bond donors (Lipinski definition) is 3. The number of rotatable bonds is 6. The third-order valence-corrected chi connectivity index (χ3v) is 6.11. The van der Waals surface area contributed by atoms with E-state index >= 15 is 0 Å². The molecular weight excluding hydrogens is 403 g/mol. The van der Waals surface area contributed by atoms with Gasteiger partial charge in [-0.25, -0.2) is 4.39 Å². The molecule has 5 rings (SSSR count). The van der Waals surface area contributed by atoms with E-state index in [1.165, 1.54) is 17.3 Å². The molecule has 1 aliphatic carbocycles. The molecule has 32 heavy (non-hydrogen) atoms. The van der Waals surface area contributed by atoms with Crippen molar-refractivity contribution in [3.8, 4) is 0 Å². The Morgan fingerprint density at radius 2 is 1.94 bits per heavy atom. The predicted molar refractivity (Wildman–Crippen MR) is 123 cm³/mol. The van der Waals surface area contributed by atoms with Crippen LogP contribution in [0.25, 0.3) is 10.9 Å². The summed E-state index contributed by atoms with van der Waals surface area (Å²) in [4.78, 5) is 20.3. The van der Waals surface area contributed by atoms with Crippen LogP contribution in [-0.4, -0.2) is 15.9 Å². The molecule has 3 N–H and O–H groups in total. The third kappa shape index (κ3) is 4.27. The number of nitrogens with one attached hydrogen (secondary N) is 3. The van der Waals surface area contributed by atoms with E-state index in [4.69, 9.17) is 0 Å². The zero-order valence-electron chi connectivity index (χ0n) is 17.7. The van der Waals surface area contributed by atoms with Crippen LogP contribution in [0.4, 0.5) is 4.39 Å². The van der Waals surface area contributed by atoms with Gasteiger partial charge in [-0.05, 0) is 78.4 Å². The van der Waals surface area contributed by atoms with Crippen molar-refractivity contribution in [3.63, 3.8) is 0 Å². The molecule has 2 aromatic carbocycles. The Hall–Kier alpha value is -3.51. The summed E-state index contributed by atoms with van der Waals surface area (Å²) in [6.45, 7) is 1.08. The molecule has 0 spiro atoms. The number of amides is 1. The van der Waals surface area contributed by atoms with Gasteiger partial charge >= 0.3 is 0 Å². The molecule has 0 bridgehead atoms. The van der Waals surface area contributed by atoms with Gasteiger partial charge in [0.25, 0.3) is 5.91 Å². The second kappa shape index (κ2) is 8.93. The van der Waals surface area contributed by atoms with Crippen LogP contribution in [0, 0.1) is 5.82 Å². The molecule has 1 unspecified atom stereocenters. The maximum Gasteiger partial charge on any atom is 0.251 e. The highest BCUT2D eigenvalue weighted by Gasteiger charge is 2.24. The first-order chi connectivity index (χ1) is 15.7. The van der Waals surface area contributed by atoms with E-state index in [1.54, 1.807) is 24.5 Å². The quantitative estimate of drug-likeness (QED) is 0.413. The van der Waals surface area contributed by atoms with Gasteiger partial charge in [0, 0.05) is 53.7 Å². The summed E-state index contributed by atoms with van der Waals surface area (Å²) < 4.78 is 13.5. The van der Waals surface area contributed by atoms with Crippen LogP contribution in [0.5, 0.6) is 0 Å². The number of aromatic amines is 1. The van der Waals surface area contributed by atoms with Crippen LogP contribution >= 0.6 is 0 Å². The molecule has 2 heterocycles. The topological polar surface area (TPSA) is 69.8 Å². The Kier molecular flexibility index (Phi) is 5.69. The van der Waals surface area contributed by atoms with Crippen LogP contribution in [-0.2, 0) is 19.5 Å². The minimum atomic E-state index is -0.214. The van der Waals surface area contributed by atoms with Gasteiger partial charge in [-0.3, -0.25) is 9.78 Å². The van der Waals surface area contributed by atoms with Crippen molar-refractivity contribution in [1.82, 2.24) is 20.6 Å². The molecule has 0 aliphatic heterocycles. The van der Waals surface area contributed by atoms with Crippen LogP contribution in [0.2, 0.25) is 0 Å². The lowest BCUT2D eigenvalue weighted by atomic mass is 9.91. The average molecular weight is 429 g/mol. The van der Waals surface area contributed by atoms with Crippen molar-refractivity contribution >= 4 is 16.8 Å². The van der Waals surface area contributed by atoms with Gasteiger partial charge in [-0.2, -0.15) is 0 Å². The fourth-order valence-electron chi connectivity index (χ4n) is 4.48. The summed E-state index contributed by atoms with van der Waals surface area (Å²) >= 11 is 0. The lowest BCUT2D eigenvalue weighted by Gasteiger charge is -2.24. The van der Waals surface area contributed by atoms with Gasteiger partial charge < -0.3 is 15.6 Å².